The largest absolute Gasteiger partial charge is 0.417 e. The number of aryl methyl sites for hydroxylation is 1. The monoisotopic (exact) mass is 1230 g/mol. The van der Waals surface area contributed by atoms with Gasteiger partial charge in [0.25, 0.3) is 5.91 Å². The van der Waals surface area contributed by atoms with E-state index >= 15 is 4.39 Å². The molecule has 0 radical (unpaired) electrons. The van der Waals surface area contributed by atoms with Crippen LogP contribution in [0.4, 0.5) is 39.3 Å². The van der Waals surface area contributed by atoms with Gasteiger partial charge in [0.2, 0.25) is 29.6 Å². The van der Waals surface area contributed by atoms with Crippen LogP contribution in [0.25, 0.3) is 21.6 Å². The standard InChI is InChI=1S/C62H78F5N13O6S/c1-37-32-79(33-38(2)74(37)8)51-29-49(64)47(28-50(51)72-57(84)46-16-15-44(63)26-48(46)62(65,66)67)43-30-68-60(69-31-43)78-24-22-77(23-25-78)54(83)10-9-17-75-18-20-76(21-19-75)35-53(82)73-56(61(5,6)7)59(86)80-34-45(81)27-52(80)58(85)71-39(3)41-11-13-42(14-12-41)55-40(4)70-36-87-55/h11-16,26,28-31,36-39,45,52,56,81H,9-10,17-25,27,32-35H2,1-8H3,(H,71,85)(H,72,84)(H,73,82)/t37-,38+,39-,45+,52-,56+/m0/s1. The summed E-state index contributed by atoms with van der Waals surface area (Å²) in [5, 5.41) is 19.3. The molecule has 468 valence electrons. The van der Waals surface area contributed by atoms with Gasteiger partial charge in [-0.25, -0.2) is 23.7 Å². The van der Waals surface area contributed by atoms with Crippen molar-refractivity contribution in [3.05, 3.63) is 107 Å². The third-order valence-corrected chi connectivity index (χ3v) is 18.2. The van der Waals surface area contributed by atoms with Gasteiger partial charge in [0, 0.05) is 120 Å². The van der Waals surface area contributed by atoms with Gasteiger partial charge in [0.15, 0.2) is 0 Å². The molecule has 25 heteroatoms. The predicted octanol–water partition coefficient (Wildman–Crippen LogP) is 7.07. The lowest BCUT2D eigenvalue weighted by Gasteiger charge is -2.44. The summed E-state index contributed by atoms with van der Waals surface area (Å²) < 4.78 is 72.3. The van der Waals surface area contributed by atoms with Gasteiger partial charge < -0.3 is 45.6 Å². The Morgan fingerprint density at radius 3 is 2.07 bits per heavy atom. The summed E-state index contributed by atoms with van der Waals surface area (Å²) in [5.41, 5.74) is 2.30. The Bertz CT molecular complexity index is 3260. The fraction of sp³-hybridized carbons (Fsp3) is 0.516. The second-order valence-electron chi connectivity index (χ2n) is 24.5. The van der Waals surface area contributed by atoms with Gasteiger partial charge in [0.1, 0.15) is 23.7 Å². The summed E-state index contributed by atoms with van der Waals surface area (Å²) in [5.74, 6) is -3.71. The first-order valence-electron chi connectivity index (χ1n) is 29.6. The minimum Gasteiger partial charge on any atom is -0.391 e. The number of benzene rings is 3. The van der Waals surface area contributed by atoms with Crippen molar-refractivity contribution in [3.8, 4) is 21.6 Å². The molecule has 6 atom stereocenters. The fourth-order valence-electron chi connectivity index (χ4n) is 11.9. The Labute approximate surface area is 508 Å². The highest BCUT2D eigenvalue weighted by Gasteiger charge is 2.45. The van der Waals surface area contributed by atoms with E-state index in [1.807, 2.05) is 99.4 Å². The van der Waals surface area contributed by atoms with E-state index in [0.29, 0.717) is 90.8 Å². The van der Waals surface area contributed by atoms with E-state index in [0.717, 1.165) is 33.8 Å². The molecule has 5 aromatic rings. The predicted molar refractivity (Wildman–Crippen MR) is 323 cm³/mol. The summed E-state index contributed by atoms with van der Waals surface area (Å²) in [4.78, 5) is 96.7. The van der Waals surface area contributed by atoms with Crippen LogP contribution in [0.5, 0.6) is 0 Å². The Morgan fingerprint density at radius 2 is 1.45 bits per heavy atom. The number of likely N-dealkylation sites (tertiary alicyclic amines) is 1. The molecule has 0 bridgehead atoms. The normalized spacial score (nSPS) is 20.8. The van der Waals surface area contributed by atoms with Crippen LogP contribution in [0.2, 0.25) is 0 Å². The first kappa shape index (κ1) is 64.3. The number of piperazine rings is 3. The van der Waals surface area contributed by atoms with E-state index in [1.165, 1.54) is 29.4 Å². The number of hydrogen-bond acceptors (Lipinski definition) is 15. The zero-order chi connectivity index (χ0) is 62.6. The first-order chi connectivity index (χ1) is 41.2. The van der Waals surface area contributed by atoms with E-state index in [1.54, 1.807) is 16.8 Å². The third-order valence-electron chi connectivity index (χ3n) is 17.2. The van der Waals surface area contributed by atoms with Crippen LogP contribution < -0.4 is 25.8 Å². The van der Waals surface area contributed by atoms with Crippen molar-refractivity contribution in [2.45, 2.75) is 110 Å². The number of carbonyl (C=O) groups excluding carboxylic acids is 5. The molecular formula is C62H78F5N13O6S. The Balaban J connectivity index is 0.723. The van der Waals surface area contributed by atoms with E-state index in [4.69, 9.17) is 0 Å². The van der Waals surface area contributed by atoms with E-state index < -0.39 is 64.4 Å². The molecule has 6 heterocycles. The number of likely N-dealkylation sites (N-methyl/N-ethyl adjacent to an activating group) is 1. The number of carbonyl (C=O) groups is 5. The number of halogens is 5. The molecule has 4 aliphatic rings. The lowest BCUT2D eigenvalue weighted by molar-refractivity contribution is -0.144. The molecule has 5 amide bonds. The number of nitrogens with zero attached hydrogens (tertiary/aromatic N) is 10. The van der Waals surface area contributed by atoms with Crippen molar-refractivity contribution in [3.63, 3.8) is 0 Å². The molecule has 0 saturated carbocycles. The zero-order valence-electron chi connectivity index (χ0n) is 50.5. The number of aromatic nitrogens is 3. The van der Waals surface area contributed by atoms with E-state index in [9.17, 15) is 46.6 Å². The van der Waals surface area contributed by atoms with Crippen LogP contribution in [0, 0.1) is 24.0 Å². The second-order valence-corrected chi connectivity index (χ2v) is 25.4. The maximum Gasteiger partial charge on any atom is 0.417 e. The maximum absolute atomic E-state index is 16.2. The van der Waals surface area contributed by atoms with Crippen LogP contribution in [-0.2, 0) is 25.4 Å². The number of β-amino-alcohol motifs (C(OH)–C–C–N with tert-alkyl or cyclic N) is 1. The molecule has 4 aliphatic heterocycles. The lowest BCUT2D eigenvalue weighted by Crippen LogP contribution is -2.59. The van der Waals surface area contributed by atoms with Crippen molar-refractivity contribution in [2.24, 2.45) is 5.41 Å². The average Bonchev–Trinajstić information content (AvgIpc) is 1.60. The number of rotatable bonds is 17. The van der Waals surface area contributed by atoms with Gasteiger partial charge >= 0.3 is 6.18 Å². The van der Waals surface area contributed by atoms with Gasteiger partial charge in [-0.15, -0.1) is 11.3 Å². The molecular weight excluding hydrogens is 1150 g/mol. The molecule has 9 rings (SSSR count). The van der Waals surface area contributed by atoms with Crippen molar-refractivity contribution in [2.75, 3.05) is 107 Å². The molecule has 4 fully saturated rings. The third kappa shape index (κ3) is 15.4. The fourth-order valence-corrected chi connectivity index (χ4v) is 12.7. The molecule has 0 spiro atoms. The quantitative estimate of drug-likeness (QED) is 0.0689. The average molecular weight is 1230 g/mol. The van der Waals surface area contributed by atoms with Gasteiger partial charge in [-0.05, 0) is 94.6 Å². The number of anilines is 3. The molecule has 4 saturated heterocycles. The van der Waals surface area contributed by atoms with Crippen LogP contribution in [-0.4, -0.2) is 196 Å². The van der Waals surface area contributed by atoms with Crippen molar-refractivity contribution in [1.82, 2.24) is 50.1 Å². The molecule has 4 N–H and O–H groups in total. The minimum atomic E-state index is -5.02. The summed E-state index contributed by atoms with van der Waals surface area (Å²) in [6.07, 6.45) is -1.99. The van der Waals surface area contributed by atoms with Gasteiger partial charge in [-0.3, -0.25) is 33.8 Å². The Morgan fingerprint density at radius 1 is 0.793 bits per heavy atom. The summed E-state index contributed by atoms with van der Waals surface area (Å²) in [6.45, 7) is 19.3. The highest BCUT2D eigenvalue weighted by atomic mass is 32.1. The number of aliphatic hydroxyl groups is 1. The summed E-state index contributed by atoms with van der Waals surface area (Å²) in [6, 6.07) is 10.1. The Hall–Kier alpha value is -7.19. The van der Waals surface area contributed by atoms with Gasteiger partial charge in [-0.1, -0.05) is 45.0 Å². The molecule has 2 aromatic heterocycles. The number of alkyl halides is 3. The minimum absolute atomic E-state index is 0.00233. The number of aliphatic hydroxyl groups excluding tert-OH is 1. The topological polar surface area (TPSA) is 203 Å². The molecule has 3 aromatic carbocycles. The lowest BCUT2D eigenvalue weighted by atomic mass is 9.85. The number of nitrogens with one attached hydrogen (secondary N) is 3. The summed E-state index contributed by atoms with van der Waals surface area (Å²) >= 11 is 1.56. The highest BCUT2D eigenvalue weighted by molar-refractivity contribution is 7.13. The highest BCUT2D eigenvalue weighted by Crippen LogP contribution is 2.39. The van der Waals surface area contributed by atoms with Gasteiger partial charge in [-0.2, -0.15) is 13.2 Å². The number of thiazole rings is 1. The van der Waals surface area contributed by atoms with Crippen LogP contribution in [0.1, 0.15) is 94.0 Å². The first-order valence-corrected chi connectivity index (χ1v) is 30.5. The van der Waals surface area contributed by atoms with Crippen molar-refractivity contribution in [1.29, 1.82) is 0 Å². The maximum atomic E-state index is 16.2. The number of amides is 5. The molecule has 0 aliphatic carbocycles. The van der Waals surface area contributed by atoms with Crippen molar-refractivity contribution < 1.29 is 51.0 Å². The second kappa shape index (κ2) is 27.1. The molecule has 19 nitrogen and oxygen atoms in total. The van der Waals surface area contributed by atoms with Crippen LogP contribution in [0.15, 0.2) is 72.5 Å². The van der Waals surface area contributed by atoms with E-state index in [-0.39, 0.29) is 83.9 Å². The smallest absolute Gasteiger partial charge is 0.391 e. The Kier molecular flexibility index (Phi) is 20.0. The van der Waals surface area contributed by atoms with Gasteiger partial charge in [0.05, 0.1) is 57.3 Å². The van der Waals surface area contributed by atoms with E-state index in [2.05, 4.69) is 40.7 Å². The van der Waals surface area contributed by atoms with Crippen LogP contribution >= 0.6 is 11.3 Å². The molecule has 87 heavy (non-hydrogen) atoms. The van der Waals surface area contributed by atoms with Crippen molar-refractivity contribution >= 4 is 58.2 Å². The molecule has 0 unspecified atom stereocenters. The van der Waals surface area contributed by atoms with Crippen LogP contribution in [0.3, 0.4) is 0 Å². The SMILES string of the molecule is Cc1ncsc1-c1ccc([C@H](C)NC(=O)[C@@H]2C[C@@H](O)CN2C(=O)[C@@H](NC(=O)CN2CCN(CCCC(=O)N3CCN(c4ncc(-c5cc(NC(=O)c6ccc(F)cc6C(F)(F)F)c(N6C[C@@H](C)N(C)[C@@H](C)C6)cc5F)cn4)CC3)CC2)C(C)(C)C)cc1. The number of hydrogen-bond donors (Lipinski definition) is 4. The zero-order valence-corrected chi connectivity index (χ0v) is 51.3. The summed E-state index contributed by atoms with van der Waals surface area (Å²) in [7, 11) is 1.96.